The third-order valence-electron chi connectivity index (χ3n) is 3.15. The number of anilines is 1. The molecule has 0 radical (unpaired) electrons. The van der Waals surface area contributed by atoms with E-state index in [1.807, 2.05) is 0 Å². The van der Waals surface area contributed by atoms with E-state index >= 15 is 0 Å². The Morgan fingerprint density at radius 1 is 1.47 bits per heavy atom. The van der Waals surface area contributed by atoms with E-state index in [1.165, 1.54) is 6.20 Å². The predicted molar refractivity (Wildman–Crippen MR) is 62.1 cm³/mol. The first-order valence-electron chi connectivity index (χ1n) is 5.71. The Morgan fingerprint density at radius 3 is 2.65 bits per heavy atom. The van der Waals surface area contributed by atoms with Gasteiger partial charge in [0.2, 0.25) is 0 Å². The number of nitrogens with zero attached hydrogens (tertiary/aromatic N) is 2. The van der Waals surface area contributed by atoms with E-state index in [1.54, 1.807) is 12.1 Å². The van der Waals surface area contributed by atoms with E-state index < -0.39 is 5.97 Å². The van der Waals surface area contributed by atoms with Crippen molar-refractivity contribution in [3.05, 3.63) is 23.9 Å². The molecule has 0 saturated carbocycles. The molecule has 5 heteroatoms. The van der Waals surface area contributed by atoms with Crippen molar-refractivity contribution in [1.82, 2.24) is 4.98 Å². The number of pyridine rings is 1. The molecule has 0 atom stereocenters. The van der Waals surface area contributed by atoms with Crippen molar-refractivity contribution in [2.45, 2.75) is 12.8 Å². The van der Waals surface area contributed by atoms with Gasteiger partial charge in [0.1, 0.15) is 5.82 Å². The Labute approximate surface area is 99.1 Å². The molecule has 0 amide bonds. The van der Waals surface area contributed by atoms with Crippen LogP contribution in [0, 0.1) is 5.92 Å². The summed E-state index contributed by atoms with van der Waals surface area (Å²) < 4.78 is 12.5. The normalized spacial score (nSPS) is 17.1. The second-order valence-electron chi connectivity index (χ2n) is 4.29. The Kier molecular flexibility index (Phi) is 3.56. The van der Waals surface area contributed by atoms with Crippen molar-refractivity contribution in [1.29, 1.82) is 0 Å². The zero-order valence-electron chi connectivity index (χ0n) is 9.47. The van der Waals surface area contributed by atoms with Crippen LogP contribution in [0.25, 0.3) is 0 Å². The van der Waals surface area contributed by atoms with Crippen LogP contribution in [-0.2, 0) is 0 Å². The standard InChI is InChI=1S/C12H15FN2O2/c13-7-9-3-5-15(6-4-9)11-2-1-10(8-14-11)12(16)17/h1-2,8-9H,3-7H2,(H,16,17). The summed E-state index contributed by atoms with van der Waals surface area (Å²) in [5.41, 5.74) is 0.187. The second-order valence-corrected chi connectivity index (χ2v) is 4.29. The molecule has 4 nitrogen and oxygen atoms in total. The molecular weight excluding hydrogens is 223 g/mol. The summed E-state index contributed by atoms with van der Waals surface area (Å²) >= 11 is 0. The molecule has 0 aromatic carbocycles. The molecule has 2 heterocycles. The smallest absolute Gasteiger partial charge is 0.337 e. The number of hydrogen-bond acceptors (Lipinski definition) is 3. The molecule has 2 rings (SSSR count). The van der Waals surface area contributed by atoms with Gasteiger partial charge in [-0.15, -0.1) is 0 Å². The van der Waals surface area contributed by atoms with Crippen LogP contribution in [0.1, 0.15) is 23.2 Å². The van der Waals surface area contributed by atoms with Gasteiger partial charge in [-0.05, 0) is 30.9 Å². The number of piperidine rings is 1. The third-order valence-corrected chi connectivity index (χ3v) is 3.15. The summed E-state index contributed by atoms with van der Waals surface area (Å²) in [4.78, 5) is 16.9. The Morgan fingerprint density at radius 2 is 2.18 bits per heavy atom. The van der Waals surface area contributed by atoms with Gasteiger partial charge in [0.15, 0.2) is 0 Å². The summed E-state index contributed by atoms with van der Waals surface area (Å²) in [5.74, 6) is -0.0305. The van der Waals surface area contributed by atoms with Crippen LogP contribution in [0.3, 0.4) is 0 Å². The Balaban J connectivity index is 2.01. The van der Waals surface area contributed by atoms with Crippen LogP contribution < -0.4 is 4.90 Å². The maximum atomic E-state index is 12.5. The first-order chi connectivity index (χ1) is 8.20. The Hall–Kier alpha value is -1.65. The fraction of sp³-hybridized carbons (Fsp3) is 0.500. The number of aromatic nitrogens is 1. The van der Waals surface area contributed by atoms with E-state index in [4.69, 9.17) is 5.11 Å². The molecule has 0 unspecified atom stereocenters. The molecule has 1 aromatic rings. The lowest BCUT2D eigenvalue weighted by Gasteiger charge is -2.31. The van der Waals surface area contributed by atoms with Crippen LogP contribution in [-0.4, -0.2) is 35.8 Å². The number of carbonyl (C=O) groups is 1. The number of hydrogen-bond donors (Lipinski definition) is 1. The lowest BCUT2D eigenvalue weighted by Crippen LogP contribution is -2.34. The zero-order valence-corrected chi connectivity index (χ0v) is 9.47. The summed E-state index contributed by atoms with van der Waals surface area (Å²) in [7, 11) is 0. The van der Waals surface area contributed by atoms with Crippen LogP contribution in [0.15, 0.2) is 18.3 Å². The van der Waals surface area contributed by atoms with Gasteiger partial charge in [-0.3, -0.25) is 4.39 Å². The van der Waals surface area contributed by atoms with Crippen molar-refractivity contribution in [3.63, 3.8) is 0 Å². The van der Waals surface area contributed by atoms with Gasteiger partial charge in [0.05, 0.1) is 12.2 Å². The number of aromatic carboxylic acids is 1. The van der Waals surface area contributed by atoms with Gasteiger partial charge in [0.25, 0.3) is 0 Å². The maximum Gasteiger partial charge on any atom is 0.337 e. The van der Waals surface area contributed by atoms with Crippen molar-refractivity contribution in [3.8, 4) is 0 Å². The van der Waals surface area contributed by atoms with E-state index in [9.17, 15) is 9.18 Å². The summed E-state index contributed by atoms with van der Waals surface area (Å²) in [6, 6.07) is 3.26. The topological polar surface area (TPSA) is 53.4 Å². The molecule has 92 valence electrons. The zero-order chi connectivity index (χ0) is 12.3. The molecule has 0 bridgehead atoms. The van der Waals surface area contributed by atoms with Gasteiger partial charge in [-0.1, -0.05) is 0 Å². The highest BCUT2D eigenvalue weighted by Gasteiger charge is 2.19. The molecule has 17 heavy (non-hydrogen) atoms. The summed E-state index contributed by atoms with van der Waals surface area (Å²) in [6.07, 6.45) is 3.02. The highest BCUT2D eigenvalue weighted by atomic mass is 19.1. The molecule has 1 aromatic heterocycles. The minimum atomic E-state index is -0.972. The monoisotopic (exact) mass is 238 g/mol. The van der Waals surface area contributed by atoms with Crippen molar-refractivity contribution < 1.29 is 14.3 Å². The number of rotatable bonds is 3. The fourth-order valence-electron chi connectivity index (χ4n) is 2.02. The van der Waals surface area contributed by atoms with Crippen molar-refractivity contribution in [2.75, 3.05) is 24.7 Å². The van der Waals surface area contributed by atoms with Gasteiger partial charge >= 0.3 is 5.97 Å². The Bertz CT molecular complexity index is 386. The number of carboxylic acids is 1. The van der Waals surface area contributed by atoms with Gasteiger partial charge in [0, 0.05) is 19.3 Å². The summed E-state index contributed by atoms with van der Waals surface area (Å²) in [6.45, 7) is 1.32. The van der Waals surface area contributed by atoms with Crippen LogP contribution in [0.2, 0.25) is 0 Å². The first kappa shape index (κ1) is 11.8. The number of alkyl halides is 1. The summed E-state index contributed by atoms with van der Waals surface area (Å²) in [5, 5.41) is 8.76. The maximum absolute atomic E-state index is 12.5. The number of carboxylic acid groups (broad SMARTS) is 1. The molecule has 1 aliphatic rings. The fourth-order valence-corrected chi connectivity index (χ4v) is 2.02. The molecule has 0 aliphatic carbocycles. The average molecular weight is 238 g/mol. The largest absolute Gasteiger partial charge is 0.478 e. The van der Waals surface area contributed by atoms with Gasteiger partial charge in [-0.25, -0.2) is 9.78 Å². The highest BCUT2D eigenvalue weighted by Crippen LogP contribution is 2.22. The van der Waals surface area contributed by atoms with Crippen molar-refractivity contribution >= 4 is 11.8 Å². The molecule has 0 spiro atoms. The molecular formula is C12H15FN2O2. The SMILES string of the molecule is O=C(O)c1ccc(N2CCC(CF)CC2)nc1. The van der Waals surface area contributed by atoms with Crippen LogP contribution >= 0.6 is 0 Å². The van der Waals surface area contributed by atoms with Crippen LogP contribution in [0.5, 0.6) is 0 Å². The molecule has 1 fully saturated rings. The minimum absolute atomic E-state index is 0.171. The van der Waals surface area contributed by atoms with E-state index in [2.05, 4.69) is 9.88 Å². The highest BCUT2D eigenvalue weighted by molar-refractivity contribution is 5.87. The number of halogens is 1. The first-order valence-corrected chi connectivity index (χ1v) is 5.71. The molecule has 1 saturated heterocycles. The molecule has 1 N–H and O–H groups in total. The van der Waals surface area contributed by atoms with E-state index in [0.29, 0.717) is 0 Å². The lowest BCUT2D eigenvalue weighted by atomic mass is 9.98. The quantitative estimate of drug-likeness (QED) is 0.874. The van der Waals surface area contributed by atoms with E-state index in [-0.39, 0.29) is 18.2 Å². The third kappa shape index (κ3) is 2.72. The predicted octanol–water partition coefficient (Wildman–Crippen LogP) is 1.97. The molecule has 1 aliphatic heterocycles. The van der Waals surface area contributed by atoms with Crippen molar-refractivity contribution in [2.24, 2.45) is 5.92 Å². The minimum Gasteiger partial charge on any atom is -0.478 e. The van der Waals surface area contributed by atoms with Crippen LogP contribution in [0.4, 0.5) is 10.2 Å². The average Bonchev–Trinajstić information content (AvgIpc) is 2.39. The second kappa shape index (κ2) is 5.12. The lowest BCUT2D eigenvalue weighted by molar-refractivity contribution is 0.0696. The van der Waals surface area contributed by atoms with Gasteiger partial charge in [-0.2, -0.15) is 0 Å². The van der Waals surface area contributed by atoms with Gasteiger partial charge < -0.3 is 10.0 Å². The van der Waals surface area contributed by atoms with E-state index in [0.717, 1.165) is 31.7 Å².